The van der Waals surface area contributed by atoms with E-state index in [0.29, 0.717) is 35.1 Å². The number of esters is 1. The van der Waals surface area contributed by atoms with E-state index >= 15 is 0 Å². The minimum atomic E-state index is -0.882. The van der Waals surface area contributed by atoms with Crippen LogP contribution in [0, 0.1) is 0 Å². The van der Waals surface area contributed by atoms with Crippen LogP contribution in [0.5, 0.6) is 0 Å². The van der Waals surface area contributed by atoms with Crippen LogP contribution in [0.3, 0.4) is 0 Å². The van der Waals surface area contributed by atoms with Gasteiger partial charge >= 0.3 is 5.97 Å². The molecule has 1 aliphatic heterocycles. The summed E-state index contributed by atoms with van der Waals surface area (Å²) in [7, 11) is 0. The lowest BCUT2D eigenvalue weighted by molar-refractivity contribution is -0.140. The van der Waals surface area contributed by atoms with Crippen LogP contribution < -0.4 is 10.7 Å². The van der Waals surface area contributed by atoms with E-state index in [0.717, 1.165) is 16.1 Å². The third-order valence-corrected chi connectivity index (χ3v) is 8.26. The highest BCUT2D eigenvalue weighted by Gasteiger charge is 2.43. The standard InChI is InChI=1S/C31H25NO5S/c1-18-27(31(35)37-16-19-8-3-2-4-9-19)28(22-17-36-25-11-6-5-10-21(25)30(22)34)29-23(32-18)14-20(15-24(29)33)26-12-7-13-38-26/h2-13,17,20,28,32H,14-16H2,1H3/t20-,28-/m1/s1. The fraction of sp³-hybridized carbons (Fsp3) is 0.194. The first kappa shape index (κ1) is 24.1. The van der Waals surface area contributed by atoms with Gasteiger partial charge in [0.1, 0.15) is 12.2 Å². The van der Waals surface area contributed by atoms with Crippen molar-refractivity contribution < 1.29 is 18.7 Å². The molecule has 7 heteroatoms. The Morgan fingerprint density at radius 3 is 2.61 bits per heavy atom. The molecular formula is C31H25NO5S. The smallest absolute Gasteiger partial charge is 0.337 e. The van der Waals surface area contributed by atoms with Crippen molar-refractivity contribution in [1.82, 2.24) is 5.32 Å². The predicted octanol–water partition coefficient (Wildman–Crippen LogP) is 5.96. The van der Waals surface area contributed by atoms with E-state index in [1.54, 1.807) is 42.5 Å². The molecule has 38 heavy (non-hydrogen) atoms. The van der Waals surface area contributed by atoms with E-state index in [2.05, 4.69) is 5.32 Å². The number of ether oxygens (including phenoxy) is 1. The van der Waals surface area contributed by atoms with E-state index in [-0.39, 0.29) is 34.9 Å². The number of allylic oxidation sites excluding steroid dienone is 3. The summed E-state index contributed by atoms with van der Waals surface area (Å²) in [6, 6.07) is 20.4. The molecule has 2 aromatic carbocycles. The molecule has 6 nitrogen and oxygen atoms in total. The van der Waals surface area contributed by atoms with Crippen molar-refractivity contribution in [3.05, 3.63) is 127 Å². The lowest BCUT2D eigenvalue weighted by Gasteiger charge is -2.36. The second-order valence-corrected chi connectivity index (χ2v) is 10.6. The zero-order valence-corrected chi connectivity index (χ0v) is 21.5. The van der Waals surface area contributed by atoms with Crippen LogP contribution in [0.4, 0.5) is 0 Å². The van der Waals surface area contributed by atoms with Gasteiger partial charge in [-0.2, -0.15) is 0 Å². The molecule has 0 saturated heterocycles. The lowest BCUT2D eigenvalue weighted by atomic mass is 9.73. The van der Waals surface area contributed by atoms with Crippen LogP contribution in [0.2, 0.25) is 0 Å². The van der Waals surface area contributed by atoms with Crippen LogP contribution in [0.1, 0.15) is 47.6 Å². The monoisotopic (exact) mass is 523 g/mol. The Morgan fingerprint density at radius 1 is 1.03 bits per heavy atom. The zero-order chi connectivity index (χ0) is 26.2. The topological polar surface area (TPSA) is 85.6 Å². The number of carbonyl (C=O) groups excluding carboxylic acids is 2. The second kappa shape index (κ2) is 9.91. The fourth-order valence-electron chi connectivity index (χ4n) is 5.44. The van der Waals surface area contributed by atoms with E-state index in [4.69, 9.17) is 9.15 Å². The van der Waals surface area contributed by atoms with Crippen molar-refractivity contribution in [3.8, 4) is 0 Å². The molecule has 0 amide bonds. The minimum Gasteiger partial charge on any atom is -0.464 e. The molecule has 0 saturated carbocycles. The number of dihydropyridines is 1. The number of rotatable bonds is 5. The average Bonchev–Trinajstić information content (AvgIpc) is 3.47. The third kappa shape index (κ3) is 4.29. The van der Waals surface area contributed by atoms with Crippen LogP contribution >= 0.6 is 11.3 Å². The Labute approximate surface area is 223 Å². The number of para-hydroxylation sites is 1. The maximum Gasteiger partial charge on any atom is 0.337 e. The van der Waals surface area contributed by atoms with Gasteiger partial charge < -0.3 is 14.5 Å². The molecule has 2 aromatic heterocycles. The first-order valence-corrected chi connectivity index (χ1v) is 13.4. The molecule has 1 N–H and O–H groups in total. The van der Waals surface area contributed by atoms with Crippen LogP contribution in [-0.4, -0.2) is 11.8 Å². The molecule has 0 bridgehead atoms. The molecule has 0 radical (unpaired) electrons. The summed E-state index contributed by atoms with van der Waals surface area (Å²) in [4.78, 5) is 42.2. The summed E-state index contributed by atoms with van der Waals surface area (Å²) in [5.41, 5.74) is 3.30. The molecule has 2 aliphatic rings. The molecule has 2 atom stereocenters. The van der Waals surface area contributed by atoms with Crippen molar-refractivity contribution in [2.24, 2.45) is 0 Å². The number of carbonyl (C=O) groups is 2. The van der Waals surface area contributed by atoms with Gasteiger partial charge in [-0.1, -0.05) is 48.5 Å². The molecule has 6 rings (SSSR count). The van der Waals surface area contributed by atoms with Gasteiger partial charge in [-0.3, -0.25) is 9.59 Å². The van der Waals surface area contributed by atoms with Gasteiger partial charge in [0.05, 0.1) is 23.1 Å². The molecule has 1 aliphatic carbocycles. The molecule has 0 fully saturated rings. The number of hydrogen-bond donors (Lipinski definition) is 1. The average molecular weight is 524 g/mol. The van der Waals surface area contributed by atoms with Gasteiger partial charge in [-0.25, -0.2) is 4.79 Å². The second-order valence-electron chi connectivity index (χ2n) is 9.61. The van der Waals surface area contributed by atoms with Crippen molar-refractivity contribution >= 4 is 34.1 Å². The van der Waals surface area contributed by atoms with Crippen molar-refractivity contribution in [2.45, 2.75) is 38.2 Å². The van der Waals surface area contributed by atoms with Gasteiger partial charge in [-0.05, 0) is 42.5 Å². The summed E-state index contributed by atoms with van der Waals surface area (Å²) in [5.74, 6) is -1.50. The Balaban J connectivity index is 1.45. The van der Waals surface area contributed by atoms with Crippen LogP contribution in [-0.2, 0) is 20.9 Å². The predicted molar refractivity (Wildman–Crippen MR) is 146 cm³/mol. The normalized spacial score (nSPS) is 19.3. The maximum absolute atomic E-state index is 13.7. The lowest BCUT2D eigenvalue weighted by Crippen LogP contribution is -2.37. The summed E-state index contributed by atoms with van der Waals surface area (Å²) < 4.78 is 11.5. The van der Waals surface area contributed by atoms with Crippen LogP contribution in [0.15, 0.2) is 110 Å². The molecular weight excluding hydrogens is 498 g/mol. The van der Waals surface area contributed by atoms with Gasteiger partial charge in [0, 0.05) is 39.7 Å². The zero-order valence-electron chi connectivity index (χ0n) is 20.7. The highest BCUT2D eigenvalue weighted by atomic mass is 32.1. The molecule has 3 heterocycles. The van der Waals surface area contributed by atoms with Crippen molar-refractivity contribution in [2.75, 3.05) is 0 Å². The Kier molecular flexibility index (Phi) is 6.29. The number of Topliss-reactive ketones (excluding diaryl/α,β-unsaturated/α-hetero) is 1. The maximum atomic E-state index is 13.7. The number of fused-ring (bicyclic) bond motifs is 1. The van der Waals surface area contributed by atoms with Gasteiger partial charge in [0.15, 0.2) is 11.2 Å². The molecule has 190 valence electrons. The van der Waals surface area contributed by atoms with E-state index in [1.165, 1.54) is 6.26 Å². The van der Waals surface area contributed by atoms with Gasteiger partial charge in [0.2, 0.25) is 0 Å². The largest absolute Gasteiger partial charge is 0.464 e. The summed E-state index contributed by atoms with van der Waals surface area (Å²) in [5, 5.41) is 5.75. The van der Waals surface area contributed by atoms with Crippen molar-refractivity contribution in [3.63, 3.8) is 0 Å². The Morgan fingerprint density at radius 2 is 1.82 bits per heavy atom. The highest BCUT2D eigenvalue weighted by molar-refractivity contribution is 7.10. The summed E-state index contributed by atoms with van der Waals surface area (Å²) >= 11 is 1.63. The SMILES string of the molecule is CC1=C(C(=O)OCc2ccccc2)[C@@H](c2coc3ccccc3c2=O)C2=C(C[C@@H](c3cccs3)CC2=O)N1. The minimum absolute atomic E-state index is 0.0433. The van der Waals surface area contributed by atoms with Gasteiger partial charge in [0.25, 0.3) is 0 Å². The van der Waals surface area contributed by atoms with Crippen molar-refractivity contribution in [1.29, 1.82) is 0 Å². The quantitative estimate of drug-likeness (QED) is 0.325. The number of thiophene rings is 1. The number of hydrogen-bond acceptors (Lipinski definition) is 7. The molecule has 0 spiro atoms. The van der Waals surface area contributed by atoms with E-state index in [1.807, 2.05) is 47.8 Å². The third-order valence-electron chi connectivity index (χ3n) is 7.22. The number of nitrogens with one attached hydrogen (secondary N) is 1. The first-order valence-electron chi connectivity index (χ1n) is 12.5. The van der Waals surface area contributed by atoms with E-state index in [9.17, 15) is 14.4 Å². The number of benzene rings is 2. The van der Waals surface area contributed by atoms with Gasteiger partial charge in [-0.15, -0.1) is 11.3 Å². The number of ketones is 1. The Bertz CT molecular complexity index is 1660. The first-order chi connectivity index (χ1) is 18.5. The molecule has 0 unspecified atom stereocenters. The summed E-state index contributed by atoms with van der Waals surface area (Å²) in [6.45, 7) is 1.87. The van der Waals surface area contributed by atoms with E-state index < -0.39 is 11.9 Å². The summed E-state index contributed by atoms with van der Waals surface area (Å²) in [6.07, 6.45) is 2.31. The molecule has 4 aromatic rings. The highest BCUT2D eigenvalue weighted by Crippen LogP contribution is 2.46. The Hall–Kier alpha value is -4.23. The fourth-order valence-corrected chi connectivity index (χ4v) is 6.27. The van der Waals surface area contributed by atoms with Crippen LogP contribution in [0.25, 0.3) is 11.0 Å².